The van der Waals surface area contributed by atoms with Crippen LogP contribution in [-0.2, 0) is 0 Å². The van der Waals surface area contributed by atoms with Crippen molar-refractivity contribution < 1.29 is 15.3 Å². The molecule has 0 fully saturated rings. The maximum atomic E-state index is 10.7. The van der Waals surface area contributed by atoms with Crippen molar-refractivity contribution in [3.63, 3.8) is 0 Å². The van der Waals surface area contributed by atoms with Crippen molar-refractivity contribution in [1.82, 2.24) is 0 Å². The van der Waals surface area contributed by atoms with Crippen LogP contribution in [0.3, 0.4) is 0 Å². The van der Waals surface area contributed by atoms with Gasteiger partial charge in [0.15, 0.2) is 0 Å². The molecule has 3 heteroatoms. The third-order valence-electron chi connectivity index (χ3n) is 4.02. The van der Waals surface area contributed by atoms with Gasteiger partial charge < -0.3 is 15.3 Å². The normalized spacial score (nSPS) is 29.9. The summed E-state index contributed by atoms with van der Waals surface area (Å²) in [5, 5.41) is 30.4. The molecule has 0 saturated heterocycles. The smallest absolute Gasteiger partial charge is 0.112 e. The van der Waals surface area contributed by atoms with Crippen LogP contribution in [0.15, 0.2) is 23.5 Å². The second kappa shape index (κ2) is 4.39. The number of rotatable bonds is 1. The zero-order valence-corrected chi connectivity index (χ0v) is 12.3. The van der Waals surface area contributed by atoms with E-state index in [0.29, 0.717) is 0 Å². The second-order valence-corrected chi connectivity index (χ2v) is 7.27. The van der Waals surface area contributed by atoms with Crippen LogP contribution in [0.25, 0.3) is 0 Å². The van der Waals surface area contributed by atoms with Gasteiger partial charge in [-0.25, -0.2) is 0 Å². The first-order chi connectivity index (χ1) is 7.95. The lowest BCUT2D eigenvalue weighted by Crippen LogP contribution is -2.51. The molecular weight excluding hydrogens is 228 g/mol. The highest BCUT2D eigenvalue weighted by Gasteiger charge is 2.50. The van der Waals surface area contributed by atoms with Crippen molar-refractivity contribution in [3.05, 3.63) is 23.5 Å². The first-order valence-electron chi connectivity index (χ1n) is 6.38. The first-order valence-corrected chi connectivity index (χ1v) is 6.38. The molecule has 2 unspecified atom stereocenters. The number of hydrogen-bond donors (Lipinski definition) is 3. The molecule has 0 saturated carbocycles. The minimum absolute atomic E-state index is 0.120. The van der Waals surface area contributed by atoms with E-state index in [0.717, 1.165) is 5.57 Å². The maximum Gasteiger partial charge on any atom is 0.112 e. The molecule has 2 atom stereocenters. The van der Waals surface area contributed by atoms with Crippen LogP contribution >= 0.6 is 0 Å². The van der Waals surface area contributed by atoms with E-state index in [1.807, 2.05) is 41.5 Å². The first kappa shape index (κ1) is 15.3. The zero-order valence-electron chi connectivity index (χ0n) is 12.3. The quantitative estimate of drug-likeness (QED) is 0.674. The molecule has 0 spiro atoms. The fourth-order valence-corrected chi connectivity index (χ4v) is 2.52. The lowest BCUT2D eigenvalue weighted by Gasteiger charge is -2.49. The lowest BCUT2D eigenvalue weighted by molar-refractivity contribution is -0.0468. The lowest BCUT2D eigenvalue weighted by atomic mass is 9.58. The second-order valence-electron chi connectivity index (χ2n) is 7.27. The Bertz CT molecular complexity index is 380. The predicted molar refractivity (Wildman–Crippen MR) is 73.2 cm³/mol. The van der Waals surface area contributed by atoms with Crippen molar-refractivity contribution >= 4 is 0 Å². The van der Waals surface area contributed by atoms with Crippen molar-refractivity contribution in [2.45, 2.75) is 47.6 Å². The van der Waals surface area contributed by atoms with Gasteiger partial charge in [0.05, 0.1) is 12.7 Å². The van der Waals surface area contributed by atoms with E-state index >= 15 is 0 Å². The van der Waals surface area contributed by atoms with Crippen LogP contribution in [0.4, 0.5) is 0 Å². The Morgan fingerprint density at radius 3 is 2.00 bits per heavy atom. The van der Waals surface area contributed by atoms with Crippen molar-refractivity contribution in [1.29, 1.82) is 0 Å². The Morgan fingerprint density at radius 2 is 1.67 bits per heavy atom. The number of allylic oxidation sites excluding steroid dienone is 1. The summed E-state index contributed by atoms with van der Waals surface area (Å²) in [6.07, 6.45) is 2.41. The Morgan fingerprint density at radius 1 is 1.17 bits per heavy atom. The molecule has 0 radical (unpaired) electrons. The summed E-state index contributed by atoms with van der Waals surface area (Å²) in [4.78, 5) is 0. The molecule has 1 aliphatic rings. The van der Waals surface area contributed by atoms with E-state index in [2.05, 4.69) is 0 Å². The van der Waals surface area contributed by atoms with E-state index in [1.54, 1.807) is 12.2 Å². The highest BCUT2D eigenvalue weighted by Crippen LogP contribution is 2.50. The molecule has 0 aliphatic heterocycles. The molecule has 0 amide bonds. The van der Waals surface area contributed by atoms with Crippen LogP contribution < -0.4 is 0 Å². The molecule has 0 aromatic carbocycles. The van der Waals surface area contributed by atoms with Crippen LogP contribution in [0.1, 0.15) is 41.5 Å². The largest absolute Gasteiger partial charge is 0.508 e. The Balaban J connectivity index is 3.40. The molecule has 3 nitrogen and oxygen atoms in total. The summed E-state index contributed by atoms with van der Waals surface area (Å²) in [5.74, 6) is 0.120. The van der Waals surface area contributed by atoms with Crippen molar-refractivity contribution in [2.24, 2.45) is 16.2 Å². The molecule has 0 aromatic heterocycles. The fourth-order valence-electron chi connectivity index (χ4n) is 2.52. The summed E-state index contributed by atoms with van der Waals surface area (Å²) in [6, 6.07) is 0. The third kappa shape index (κ3) is 2.34. The number of aliphatic hydroxyl groups is 3. The predicted octanol–water partition coefficient (Wildman–Crippen LogP) is 2.80. The highest BCUT2D eigenvalue weighted by molar-refractivity contribution is 5.36. The standard InChI is InChI=1S/C15H26O3/c1-13(2,3)11-7-10(17)8-15(9-16,12(11)18)14(4,5)6/h7-8,12,16-18H,9H2,1-6H3. The monoisotopic (exact) mass is 254 g/mol. The molecule has 1 rings (SSSR count). The minimum Gasteiger partial charge on any atom is -0.508 e. The van der Waals surface area contributed by atoms with Gasteiger partial charge in [-0.1, -0.05) is 41.5 Å². The van der Waals surface area contributed by atoms with Crippen LogP contribution in [0.5, 0.6) is 0 Å². The minimum atomic E-state index is -0.853. The van der Waals surface area contributed by atoms with Gasteiger partial charge in [0, 0.05) is 5.41 Å². The Kier molecular flexibility index (Phi) is 3.72. The van der Waals surface area contributed by atoms with Gasteiger partial charge in [0.2, 0.25) is 0 Å². The molecule has 0 bridgehead atoms. The van der Waals surface area contributed by atoms with Gasteiger partial charge in [-0.15, -0.1) is 0 Å². The molecule has 0 heterocycles. The van der Waals surface area contributed by atoms with Gasteiger partial charge in [-0.2, -0.15) is 0 Å². The molecular formula is C15H26O3. The fraction of sp³-hybridized carbons (Fsp3) is 0.733. The summed E-state index contributed by atoms with van der Waals surface area (Å²) >= 11 is 0. The number of aliphatic hydroxyl groups excluding tert-OH is 3. The SMILES string of the molecule is CC(C)(C)C1=CC(O)=CC(CO)(C(C)(C)C)C1O. The Labute approximate surface area is 110 Å². The van der Waals surface area contributed by atoms with E-state index in [1.165, 1.54) is 0 Å². The third-order valence-corrected chi connectivity index (χ3v) is 4.02. The van der Waals surface area contributed by atoms with Crippen molar-refractivity contribution in [2.75, 3.05) is 6.61 Å². The summed E-state index contributed by atoms with van der Waals surface area (Å²) in [7, 11) is 0. The van der Waals surface area contributed by atoms with Crippen LogP contribution in [-0.4, -0.2) is 28.0 Å². The van der Waals surface area contributed by atoms with Gasteiger partial charge in [0.25, 0.3) is 0 Å². The van der Waals surface area contributed by atoms with Gasteiger partial charge in [-0.3, -0.25) is 0 Å². The summed E-state index contributed by atoms with van der Waals surface area (Å²) in [5.41, 5.74) is -0.715. The highest BCUT2D eigenvalue weighted by atomic mass is 16.3. The maximum absolute atomic E-state index is 10.7. The number of hydrogen-bond acceptors (Lipinski definition) is 3. The average molecular weight is 254 g/mol. The average Bonchev–Trinajstić information content (AvgIpc) is 2.17. The van der Waals surface area contributed by atoms with Gasteiger partial charge in [-0.05, 0) is 28.6 Å². The summed E-state index contributed by atoms with van der Waals surface area (Å²) in [6.45, 7) is 11.7. The van der Waals surface area contributed by atoms with Crippen LogP contribution in [0.2, 0.25) is 0 Å². The molecule has 1 aliphatic carbocycles. The zero-order chi connectivity index (χ0) is 14.4. The van der Waals surface area contributed by atoms with Crippen molar-refractivity contribution in [3.8, 4) is 0 Å². The summed E-state index contributed by atoms with van der Waals surface area (Å²) < 4.78 is 0. The van der Waals surface area contributed by atoms with Gasteiger partial charge in [0.1, 0.15) is 5.76 Å². The topological polar surface area (TPSA) is 60.7 Å². The van der Waals surface area contributed by atoms with E-state index in [-0.39, 0.29) is 23.2 Å². The molecule has 18 heavy (non-hydrogen) atoms. The molecule has 0 aromatic rings. The molecule has 104 valence electrons. The van der Waals surface area contributed by atoms with Gasteiger partial charge >= 0.3 is 0 Å². The van der Waals surface area contributed by atoms with E-state index in [9.17, 15) is 15.3 Å². The molecule has 3 N–H and O–H groups in total. The van der Waals surface area contributed by atoms with Crippen LogP contribution in [0, 0.1) is 16.2 Å². The van der Waals surface area contributed by atoms with E-state index < -0.39 is 11.5 Å². The van der Waals surface area contributed by atoms with E-state index in [4.69, 9.17) is 0 Å². The Hall–Kier alpha value is -0.800.